The lowest BCUT2D eigenvalue weighted by Crippen LogP contribution is -2.76. The van der Waals surface area contributed by atoms with Crippen LogP contribution < -0.4 is 0 Å². The third kappa shape index (κ3) is 1.91. The first kappa shape index (κ1) is 20.3. The van der Waals surface area contributed by atoms with E-state index in [-0.39, 0.29) is 47.2 Å². The second-order valence-electron chi connectivity index (χ2n) is 11.3. The Morgan fingerprint density at radius 1 is 1.10 bits per heavy atom. The number of ether oxygens (including phenoxy) is 2. The van der Waals surface area contributed by atoms with Crippen LogP contribution in [0.5, 0.6) is 0 Å². The highest BCUT2D eigenvalue weighted by Gasteiger charge is 2.85. The zero-order valence-electron chi connectivity index (χ0n) is 18.3. The highest BCUT2D eigenvalue weighted by molar-refractivity contribution is 5.35. The number of hydrogen-bond acceptors (Lipinski definition) is 7. The molecule has 0 aromatic carbocycles. The smallest absolute Gasteiger partial charge is 0.0796 e. The second-order valence-corrected chi connectivity index (χ2v) is 11.3. The van der Waals surface area contributed by atoms with Crippen molar-refractivity contribution in [1.29, 1.82) is 0 Å². The number of fused-ring (bicyclic) bond motifs is 2. The number of likely N-dealkylation sites (tertiary alicyclic amines) is 1. The molecule has 7 heteroatoms. The molecule has 6 fully saturated rings. The van der Waals surface area contributed by atoms with Gasteiger partial charge in [0.05, 0.1) is 36.6 Å². The summed E-state index contributed by atoms with van der Waals surface area (Å²) < 4.78 is 11.5. The quantitative estimate of drug-likeness (QED) is 0.499. The molecular weight excluding hydrogens is 386 g/mol. The number of hydrogen-bond donors (Lipinski definition) is 4. The van der Waals surface area contributed by atoms with Gasteiger partial charge in [-0.3, -0.25) is 4.90 Å². The van der Waals surface area contributed by atoms with Crippen LogP contribution in [0.3, 0.4) is 0 Å². The van der Waals surface area contributed by atoms with Gasteiger partial charge in [0.25, 0.3) is 0 Å². The molecule has 1 heterocycles. The standard InChI is InChI=1S/C23H37NO6/c1-4-24-9-21(10-29-2)6-5-14(25)23-12-7-11-13(30-3)8-22(28,15(12)17(11)26)16(20(23)24)18(27)19(21)23/h11-20,25-28H,4-10H2,1-3H3/t11-,12+,13-,14-,15+,16+,17-,18-,19+,20+,21-,22+,23-/m0/s1. The third-order valence-electron chi connectivity index (χ3n) is 10.9. The van der Waals surface area contributed by atoms with Crippen molar-refractivity contribution in [3.05, 3.63) is 0 Å². The SMILES string of the molecule is CCN1C[C@]2(COC)CC[C@H](O)[C@@]34[C@@H]5C[C@@H]6[C@H](O)[C@@H]5[C@](O)(C[C@@H]6OC)[C@H]([C@H](O)[C@H]23)[C@@H]14. The Bertz CT molecular complexity index is 736. The summed E-state index contributed by atoms with van der Waals surface area (Å²) in [4.78, 5) is 2.42. The van der Waals surface area contributed by atoms with Crippen LogP contribution in [0, 0.1) is 40.4 Å². The average Bonchev–Trinajstić information content (AvgIpc) is 3.11. The van der Waals surface area contributed by atoms with Crippen LogP contribution in [-0.4, -0.2) is 95.3 Å². The van der Waals surface area contributed by atoms with E-state index < -0.39 is 29.3 Å². The summed E-state index contributed by atoms with van der Waals surface area (Å²) in [5.74, 6) is -0.843. The number of aliphatic hydroxyl groups is 4. The van der Waals surface area contributed by atoms with Crippen molar-refractivity contribution in [3.63, 3.8) is 0 Å². The van der Waals surface area contributed by atoms with Gasteiger partial charge in [0.15, 0.2) is 0 Å². The fourth-order valence-corrected chi connectivity index (χ4v) is 10.4. The maximum atomic E-state index is 12.3. The van der Waals surface area contributed by atoms with Crippen molar-refractivity contribution in [2.24, 2.45) is 40.4 Å². The predicted molar refractivity (Wildman–Crippen MR) is 107 cm³/mol. The molecular formula is C23H37NO6. The van der Waals surface area contributed by atoms with E-state index in [9.17, 15) is 20.4 Å². The van der Waals surface area contributed by atoms with E-state index in [0.717, 1.165) is 25.9 Å². The second kappa shape index (κ2) is 6.19. The summed E-state index contributed by atoms with van der Waals surface area (Å²) in [6, 6.07) is -0.0735. The Labute approximate surface area is 178 Å². The molecule has 5 aliphatic carbocycles. The van der Waals surface area contributed by atoms with Gasteiger partial charge < -0.3 is 29.9 Å². The molecule has 30 heavy (non-hydrogen) atoms. The van der Waals surface area contributed by atoms with Crippen molar-refractivity contribution in [2.45, 2.75) is 68.7 Å². The molecule has 0 radical (unpaired) electrons. The van der Waals surface area contributed by atoms with Crippen LogP contribution in [0.25, 0.3) is 0 Å². The average molecular weight is 424 g/mol. The fourth-order valence-electron chi connectivity index (χ4n) is 10.4. The van der Waals surface area contributed by atoms with Gasteiger partial charge in [0.1, 0.15) is 0 Å². The number of rotatable bonds is 4. The molecule has 1 aliphatic heterocycles. The molecule has 0 aromatic heterocycles. The van der Waals surface area contributed by atoms with E-state index in [2.05, 4.69) is 11.8 Å². The van der Waals surface area contributed by atoms with Crippen LogP contribution in [0.1, 0.15) is 32.6 Å². The lowest BCUT2D eigenvalue weighted by atomic mass is 9.43. The molecule has 1 spiro atoms. The van der Waals surface area contributed by atoms with Crippen LogP contribution in [0.2, 0.25) is 0 Å². The van der Waals surface area contributed by atoms with E-state index >= 15 is 0 Å². The van der Waals surface area contributed by atoms with Gasteiger partial charge in [-0.1, -0.05) is 6.92 Å². The molecule has 1 saturated heterocycles. The van der Waals surface area contributed by atoms with Gasteiger partial charge in [-0.05, 0) is 31.7 Å². The largest absolute Gasteiger partial charge is 0.392 e. The minimum absolute atomic E-state index is 0.0158. The van der Waals surface area contributed by atoms with Crippen molar-refractivity contribution in [3.8, 4) is 0 Å². The Morgan fingerprint density at radius 2 is 1.87 bits per heavy atom. The Balaban J connectivity index is 1.61. The van der Waals surface area contributed by atoms with Gasteiger partial charge in [-0.15, -0.1) is 0 Å². The Kier molecular flexibility index (Phi) is 4.19. The third-order valence-corrected chi connectivity index (χ3v) is 10.9. The molecule has 7 bridgehead atoms. The van der Waals surface area contributed by atoms with Crippen molar-refractivity contribution in [1.82, 2.24) is 4.90 Å². The fraction of sp³-hybridized carbons (Fsp3) is 1.00. The summed E-state index contributed by atoms with van der Waals surface area (Å²) in [7, 11) is 3.38. The van der Waals surface area contributed by atoms with E-state index in [4.69, 9.17) is 9.47 Å². The van der Waals surface area contributed by atoms with Gasteiger partial charge in [-0.25, -0.2) is 0 Å². The summed E-state index contributed by atoms with van der Waals surface area (Å²) in [6.07, 6.45) is 0.615. The van der Waals surface area contributed by atoms with Crippen molar-refractivity contribution >= 4 is 0 Å². The number of aliphatic hydroxyl groups excluding tert-OH is 3. The summed E-state index contributed by atoms with van der Waals surface area (Å²) in [6.45, 7) is 4.34. The molecule has 4 N–H and O–H groups in total. The Morgan fingerprint density at radius 3 is 2.53 bits per heavy atom. The monoisotopic (exact) mass is 423 g/mol. The predicted octanol–water partition coefficient (Wildman–Crippen LogP) is -0.152. The minimum atomic E-state index is -1.18. The Hall–Kier alpha value is -0.280. The first-order chi connectivity index (χ1) is 14.3. The van der Waals surface area contributed by atoms with Gasteiger partial charge >= 0.3 is 0 Å². The van der Waals surface area contributed by atoms with Gasteiger partial charge in [0.2, 0.25) is 0 Å². The van der Waals surface area contributed by atoms with Crippen molar-refractivity contribution < 1.29 is 29.9 Å². The highest BCUT2D eigenvalue weighted by Crippen LogP contribution is 2.78. The normalized spacial score (nSPS) is 63.3. The van der Waals surface area contributed by atoms with Crippen LogP contribution in [0.15, 0.2) is 0 Å². The molecule has 0 amide bonds. The number of piperidine rings is 1. The summed E-state index contributed by atoms with van der Waals surface area (Å²) in [5, 5.41) is 47.2. The number of methoxy groups -OCH3 is 2. The molecule has 0 aromatic rings. The lowest BCUT2D eigenvalue weighted by Gasteiger charge is -2.68. The first-order valence-corrected chi connectivity index (χ1v) is 11.8. The van der Waals surface area contributed by atoms with E-state index in [0.29, 0.717) is 19.4 Å². The molecule has 5 saturated carbocycles. The van der Waals surface area contributed by atoms with Gasteiger partial charge in [0, 0.05) is 67.7 Å². The molecule has 13 atom stereocenters. The van der Waals surface area contributed by atoms with E-state index in [1.807, 2.05) is 0 Å². The summed E-state index contributed by atoms with van der Waals surface area (Å²) in [5.41, 5.74) is -1.92. The van der Waals surface area contributed by atoms with Crippen LogP contribution >= 0.6 is 0 Å². The van der Waals surface area contributed by atoms with E-state index in [1.54, 1.807) is 14.2 Å². The topological polar surface area (TPSA) is 103 Å². The molecule has 6 aliphatic rings. The van der Waals surface area contributed by atoms with Gasteiger partial charge in [-0.2, -0.15) is 0 Å². The van der Waals surface area contributed by atoms with Crippen LogP contribution in [0.4, 0.5) is 0 Å². The van der Waals surface area contributed by atoms with Crippen LogP contribution in [-0.2, 0) is 9.47 Å². The highest BCUT2D eigenvalue weighted by atomic mass is 16.5. The summed E-state index contributed by atoms with van der Waals surface area (Å²) >= 11 is 0. The molecule has 0 unspecified atom stereocenters. The molecule has 7 nitrogen and oxygen atoms in total. The minimum Gasteiger partial charge on any atom is -0.392 e. The maximum Gasteiger partial charge on any atom is 0.0796 e. The molecule has 6 rings (SSSR count). The van der Waals surface area contributed by atoms with E-state index in [1.165, 1.54) is 0 Å². The maximum absolute atomic E-state index is 12.3. The zero-order chi connectivity index (χ0) is 21.2. The number of nitrogens with zero attached hydrogens (tertiary/aromatic N) is 1. The van der Waals surface area contributed by atoms with Crippen molar-refractivity contribution in [2.75, 3.05) is 33.9 Å². The lowest BCUT2D eigenvalue weighted by molar-refractivity contribution is -0.272. The first-order valence-electron chi connectivity index (χ1n) is 11.8. The zero-order valence-corrected chi connectivity index (χ0v) is 18.3. The molecule has 170 valence electrons.